The van der Waals surface area contributed by atoms with Crippen molar-refractivity contribution in [3.63, 3.8) is 0 Å². The Labute approximate surface area is 142 Å². The fraction of sp³-hybridized carbons (Fsp3) is 0.429. The molecule has 0 aliphatic rings. The SMILES string of the molecule is CC(=O)C(C(C)=O)C(Nc1ccccc1[N+](=O)[O-])(C(F)(F)F)C(F)(F)F. The van der Waals surface area contributed by atoms with Crippen LogP contribution in [-0.2, 0) is 9.59 Å². The summed E-state index contributed by atoms with van der Waals surface area (Å²) in [6, 6.07) is 3.28. The molecule has 0 heterocycles. The van der Waals surface area contributed by atoms with E-state index in [2.05, 4.69) is 0 Å². The average molecular weight is 386 g/mol. The van der Waals surface area contributed by atoms with Gasteiger partial charge in [0.25, 0.3) is 5.69 Å². The molecule has 0 aliphatic heterocycles. The van der Waals surface area contributed by atoms with Gasteiger partial charge in [-0.05, 0) is 19.9 Å². The predicted molar refractivity (Wildman–Crippen MR) is 76.4 cm³/mol. The molecule has 0 aliphatic carbocycles. The van der Waals surface area contributed by atoms with Crippen LogP contribution in [-0.4, -0.2) is 34.4 Å². The first-order chi connectivity index (χ1) is 11.7. The number of hydrogen-bond acceptors (Lipinski definition) is 5. The number of carbonyl (C=O) groups excluding carboxylic acids is 2. The van der Waals surface area contributed by atoms with E-state index in [0.29, 0.717) is 26.0 Å². The number of hydrogen-bond donors (Lipinski definition) is 1. The third kappa shape index (κ3) is 3.63. The van der Waals surface area contributed by atoms with Crippen molar-refractivity contribution in [3.8, 4) is 0 Å². The maximum Gasteiger partial charge on any atom is 0.421 e. The van der Waals surface area contributed by atoms with E-state index >= 15 is 0 Å². The van der Waals surface area contributed by atoms with Crippen molar-refractivity contribution in [2.75, 3.05) is 5.32 Å². The van der Waals surface area contributed by atoms with Crippen molar-refractivity contribution >= 4 is 22.9 Å². The summed E-state index contributed by atoms with van der Waals surface area (Å²) in [7, 11) is 0. The Morgan fingerprint density at radius 2 is 1.42 bits per heavy atom. The van der Waals surface area contributed by atoms with Gasteiger partial charge in [-0.1, -0.05) is 12.1 Å². The summed E-state index contributed by atoms with van der Waals surface area (Å²) in [5.41, 5.74) is -7.26. The van der Waals surface area contributed by atoms with Crippen LogP contribution in [0, 0.1) is 16.0 Å². The standard InChI is InChI=1S/C14H12F6N2O4/c1-7(23)11(8(2)24)12(13(15,16)17,14(18,19)20)21-9-5-3-4-6-10(9)22(25)26/h3-6,11,21H,1-2H3. The number of rotatable bonds is 6. The normalized spacial score (nSPS) is 12.8. The number of benzene rings is 1. The van der Waals surface area contributed by atoms with Crippen molar-refractivity contribution in [1.82, 2.24) is 0 Å². The van der Waals surface area contributed by atoms with Gasteiger partial charge >= 0.3 is 12.4 Å². The quantitative estimate of drug-likeness (QED) is 0.349. The second-order valence-electron chi connectivity index (χ2n) is 5.36. The monoisotopic (exact) mass is 386 g/mol. The summed E-state index contributed by atoms with van der Waals surface area (Å²) >= 11 is 0. The molecule has 0 fully saturated rings. The minimum atomic E-state index is -6.18. The van der Waals surface area contributed by atoms with E-state index in [-0.39, 0.29) is 0 Å². The summed E-state index contributed by atoms with van der Waals surface area (Å²) in [5.74, 6) is -6.58. The minimum Gasteiger partial charge on any atom is -0.358 e. The lowest BCUT2D eigenvalue weighted by molar-refractivity contribution is -0.384. The lowest BCUT2D eigenvalue weighted by Crippen LogP contribution is -2.69. The number of alkyl halides is 6. The fourth-order valence-electron chi connectivity index (χ4n) is 2.55. The van der Waals surface area contributed by atoms with E-state index in [1.54, 1.807) is 0 Å². The molecule has 1 aromatic rings. The van der Waals surface area contributed by atoms with Crippen LogP contribution in [0.1, 0.15) is 13.8 Å². The van der Waals surface area contributed by atoms with Gasteiger partial charge in [-0.2, -0.15) is 26.3 Å². The van der Waals surface area contributed by atoms with Gasteiger partial charge in [0.15, 0.2) is 0 Å². The molecule has 0 aromatic heterocycles. The third-order valence-electron chi connectivity index (χ3n) is 3.57. The first kappa shape index (κ1) is 21.4. The van der Waals surface area contributed by atoms with Crippen molar-refractivity contribution in [2.45, 2.75) is 31.7 Å². The lowest BCUT2D eigenvalue weighted by atomic mass is 9.77. The number of nitrogens with zero attached hydrogens (tertiary/aromatic N) is 1. The van der Waals surface area contributed by atoms with Crippen LogP contribution in [0.5, 0.6) is 0 Å². The lowest BCUT2D eigenvalue weighted by Gasteiger charge is -2.42. The molecule has 1 aromatic carbocycles. The van der Waals surface area contributed by atoms with Gasteiger partial charge < -0.3 is 5.32 Å². The molecular weight excluding hydrogens is 374 g/mol. The molecular formula is C14H12F6N2O4. The van der Waals surface area contributed by atoms with Crippen LogP contribution >= 0.6 is 0 Å². The molecule has 0 spiro atoms. The molecule has 6 nitrogen and oxygen atoms in total. The van der Waals surface area contributed by atoms with Crippen LogP contribution < -0.4 is 5.32 Å². The number of nitro groups is 1. The highest BCUT2D eigenvalue weighted by Crippen LogP contribution is 2.51. The van der Waals surface area contributed by atoms with Crippen LogP contribution in [0.4, 0.5) is 37.7 Å². The van der Waals surface area contributed by atoms with Gasteiger partial charge in [-0.25, -0.2) is 0 Å². The number of halogens is 6. The molecule has 26 heavy (non-hydrogen) atoms. The highest BCUT2D eigenvalue weighted by atomic mass is 19.4. The number of ketones is 2. The van der Waals surface area contributed by atoms with E-state index in [4.69, 9.17) is 0 Å². The van der Waals surface area contributed by atoms with Crippen LogP contribution in [0.3, 0.4) is 0 Å². The second kappa shape index (κ2) is 6.92. The second-order valence-corrected chi connectivity index (χ2v) is 5.36. The van der Waals surface area contributed by atoms with Crippen LogP contribution in [0.2, 0.25) is 0 Å². The molecule has 12 heteroatoms. The summed E-state index contributed by atoms with van der Waals surface area (Å²) < 4.78 is 81.6. The van der Waals surface area contributed by atoms with Gasteiger partial charge in [0, 0.05) is 6.07 Å². The fourth-order valence-corrected chi connectivity index (χ4v) is 2.55. The summed E-state index contributed by atoms with van der Waals surface area (Å²) in [5, 5.41) is 12.0. The van der Waals surface area contributed by atoms with Crippen LogP contribution in [0.25, 0.3) is 0 Å². The summed E-state index contributed by atoms with van der Waals surface area (Å²) in [4.78, 5) is 32.8. The van der Waals surface area contributed by atoms with Crippen LogP contribution in [0.15, 0.2) is 24.3 Å². The molecule has 1 rings (SSSR count). The average Bonchev–Trinajstić information content (AvgIpc) is 2.43. The number of nitro benzene ring substituents is 1. The van der Waals surface area contributed by atoms with Gasteiger partial charge in [-0.15, -0.1) is 0 Å². The van der Waals surface area contributed by atoms with Gasteiger partial charge in [0.1, 0.15) is 23.2 Å². The van der Waals surface area contributed by atoms with Crippen molar-refractivity contribution in [2.24, 2.45) is 5.92 Å². The zero-order valence-electron chi connectivity index (χ0n) is 13.2. The number of para-hydroxylation sites is 2. The van der Waals surface area contributed by atoms with Gasteiger partial charge in [0.2, 0.25) is 5.54 Å². The maximum absolute atomic E-state index is 13.6. The zero-order valence-corrected chi connectivity index (χ0v) is 13.2. The first-order valence-corrected chi connectivity index (χ1v) is 6.82. The Morgan fingerprint density at radius 3 is 1.77 bits per heavy atom. The van der Waals surface area contributed by atoms with E-state index < -0.39 is 51.7 Å². The molecule has 0 amide bonds. The van der Waals surface area contributed by atoms with E-state index in [1.807, 2.05) is 0 Å². The highest BCUT2D eigenvalue weighted by molar-refractivity contribution is 6.02. The Balaban J connectivity index is 3.85. The van der Waals surface area contributed by atoms with Crippen molar-refractivity contribution < 1.29 is 40.9 Å². The van der Waals surface area contributed by atoms with Gasteiger partial charge in [0.05, 0.1) is 4.92 Å². The molecule has 0 saturated carbocycles. The largest absolute Gasteiger partial charge is 0.421 e. The van der Waals surface area contributed by atoms with E-state index in [1.165, 1.54) is 0 Å². The molecule has 0 bridgehead atoms. The van der Waals surface area contributed by atoms with Gasteiger partial charge in [-0.3, -0.25) is 19.7 Å². The third-order valence-corrected chi connectivity index (χ3v) is 3.57. The zero-order chi connectivity index (χ0) is 20.5. The molecule has 144 valence electrons. The Hall–Kier alpha value is -2.66. The minimum absolute atomic E-state index is 0.402. The summed E-state index contributed by atoms with van der Waals surface area (Å²) in [6.07, 6.45) is -12.4. The maximum atomic E-state index is 13.6. The molecule has 0 radical (unpaired) electrons. The predicted octanol–water partition coefficient (Wildman–Crippen LogP) is 3.66. The van der Waals surface area contributed by atoms with E-state index in [0.717, 1.165) is 17.4 Å². The topological polar surface area (TPSA) is 89.3 Å². The smallest absolute Gasteiger partial charge is 0.358 e. The summed E-state index contributed by atoms with van der Waals surface area (Å²) in [6.45, 7) is 0.804. The number of anilines is 1. The first-order valence-electron chi connectivity index (χ1n) is 6.82. The molecule has 1 N–H and O–H groups in total. The van der Waals surface area contributed by atoms with E-state index in [9.17, 15) is 46.0 Å². The number of carbonyl (C=O) groups is 2. The number of nitrogens with one attached hydrogen (secondary N) is 1. The highest BCUT2D eigenvalue weighted by Gasteiger charge is 2.76. The van der Waals surface area contributed by atoms with Crippen molar-refractivity contribution in [3.05, 3.63) is 34.4 Å². The Kier molecular flexibility index (Phi) is 5.69. The Bertz CT molecular complexity index is 701. The molecule has 0 unspecified atom stereocenters. The Morgan fingerprint density at radius 1 is 1.00 bits per heavy atom. The number of Topliss-reactive ketones (excluding diaryl/α,β-unsaturated/α-hetero) is 2. The molecule has 0 saturated heterocycles. The van der Waals surface area contributed by atoms with Crippen molar-refractivity contribution in [1.29, 1.82) is 0 Å². The molecule has 0 atom stereocenters.